The minimum atomic E-state index is -0.552. The topological polar surface area (TPSA) is 46.2 Å². The van der Waals surface area contributed by atoms with Gasteiger partial charge in [-0.3, -0.25) is 0 Å². The summed E-state index contributed by atoms with van der Waals surface area (Å²) in [6.07, 6.45) is 2.14. The first-order valence-corrected chi connectivity index (χ1v) is 5.77. The van der Waals surface area contributed by atoms with Crippen LogP contribution in [0.3, 0.4) is 0 Å². The third kappa shape index (κ3) is 1.79. The fourth-order valence-corrected chi connectivity index (χ4v) is 2.46. The Morgan fingerprint density at radius 3 is 2.94 bits per heavy atom. The van der Waals surface area contributed by atoms with E-state index in [9.17, 15) is 5.11 Å². The molecule has 16 heavy (non-hydrogen) atoms. The lowest BCUT2D eigenvalue weighted by atomic mass is 9.72. The van der Waals surface area contributed by atoms with Gasteiger partial charge in [0.25, 0.3) is 0 Å². The van der Waals surface area contributed by atoms with Crippen LogP contribution >= 0.6 is 0 Å². The minimum absolute atomic E-state index is 0.459. The molecule has 1 fully saturated rings. The molecule has 0 heterocycles. The molecule has 3 N–H and O–H groups in total. The molecular weight excluding hydrogens is 198 g/mol. The van der Waals surface area contributed by atoms with Gasteiger partial charge in [0.15, 0.2) is 0 Å². The van der Waals surface area contributed by atoms with Crippen molar-refractivity contribution >= 4 is 0 Å². The molecule has 1 saturated carbocycles. The van der Waals surface area contributed by atoms with Crippen LogP contribution < -0.4 is 5.73 Å². The van der Waals surface area contributed by atoms with Crippen molar-refractivity contribution in [3.8, 4) is 0 Å². The molecule has 0 amide bonds. The van der Waals surface area contributed by atoms with Gasteiger partial charge in [-0.2, -0.15) is 0 Å². The van der Waals surface area contributed by atoms with E-state index in [0.717, 1.165) is 30.4 Å². The van der Waals surface area contributed by atoms with E-state index in [1.54, 1.807) is 0 Å². The van der Waals surface area contributed by atoms with E-state index in [-0.39, 0.29) is 0 Å². The molecule has 2 rings (SSSR count). The third-order valence-electron chi connectivity index (χ3n) is 3.56. The van der Waals surface area contributed by atoms with E-state index in [2.05, 4.69) is 25.6 Å². The second kappa shape index (κ2) is 4.04. The molecule has 1 aliphatic carbocycles. The first kappa shape index (κ1) is 11.4. The Morgan fingerprint density at radius 1 is 1.50 bits per heavy atom. The van der Waals surface area contributed by atoms with Gasteiger partial charge >= 0.3 is 0 Å². The number of aliphatic hydroxyl groups excluding tert-OH is 1. The van der Waals surface area contributed by atoms with Crippen molar-refractivity contribution < 1.29 is 5.11 Å². The van der Waals surface area contributed by atoms with Crippen molar-refractivity contribution in [2.45, 2.75) is 37.8 Å². The SMILES string of the molecule is C=C1C(O)CCCC1(N)c1cccc(C)c1. The first-order chi connectivity index (χ1) is 7.54. The van der Waals surface area contributed by atoms with E-state index < -0.39 is 11.6 Å². The van der Waals surface area contributed by atoms with Crippen LogP contribution in [0, 0.1) is 6.92 Å². The number of hydrogen-bond donors (Lipinski definition) is 2. The molecule has 0 aromatic heterocycles. The van der Waals surface area contributed by atoms with Crippen molar-refractivity contribution in [3.05, 3.63) is 47.5 Å². The van der Waals surface area contributed by atoms with Crippen LogP contribution in [0.25, 0.3) is 0 Å². The maximum absolute atomic E-state index is 9.86. The van der Waals surface area contributed by atoms with Crippen LogP contribution in [0.2, 0.25) is 0 Å². The zero-order chi connectivity index (χ0) is 11.8. The van der Waals surface area contributed by atoms with Gasteiger partial charge in [-0.15, -0.1) is 0 Å². The summed E-state index contributed by atoms with van der Waals surface area (Å²) in [6.45, 7) is 6.03. The highest BCUT2D eigenvalue weighted by atomic mass is 16.3. The lowest BCUT2D eigenvalue weighted by molar-refractivity contribution is 0.150. The summed E-state index contributed by atoms with van der Waals surface area (Å²) in [7, 11) is 0. The standard InChI is InChI=1S/C14H19NO/c1-10-5-3-6-12(9-10)14(15)8-4-7-13(16)11(14)2/h3,5-6,9,13,16H,2,4,7-8,15H2,1H3. The van der Waals surface area contributed by atoms with E-state index in [1.165, 1.54) is 5.56 Å². The highest BCUT2D eigenvalue weighted by molar-refractivity contribution is 5.38. The number of benzene rings is 1. The molecule has 2 heteroatoms. The average Bonchev–Trinajstić information content (AvgIpc) is 2.26. The molecule has 0 saturated heterocycles. The molecule has 86 valence electrons. The van der Waals surface area contributed by atoms with Gasteiger partial charge < -0.3 is 10.8 Å². The minimum Gasteiger partial charge on any atom is -0.389 e. The Morgan fingerprint density at radius 2 is 2.25 bits per heavy atom. The fourth-order valence-electron chi connectivity index (χ4n) is 2.46. The largest absolute Gasteiger partial charge is 0.389 e. The van der Waals surface area contributed by atoms with E-state index in [4.69, 9.17) is 5.73 Å². The Labute approximate surface area is 96.8 Å². The summed E-state index contributed by atoms with van der Waals surface area (Å²) in [4.78, 5) is 0. The number of rotatable bonds is 1. The normalized spacial score (nSPS) is 30.4. The summed E-state index contributed by atoms with van der Waals surface area (Å²) in [5.74, 6) is 0. The van der Waals surface area contributed by atoms with Crippen molar-refractivity contribution in [2.24, 2.45) is 5.73 Å². The van der Waals surface area contributed by atoms with Gasteiger partial charge in [-0.05, 0) is 37.3 Å². The lowest BCUT2D eigenvalue weighted by Gasteiger charge is -2.39. The van der Waals surface area contributed by atoms with Gasteiger partial charge in [0.1, 0.15) is 0 Å². The van der Waals surface area contributed by atoms with Gasteiger partial charge in [-0.1, -0.05) is 36.4 Å². The summed E-state index contributed by atoms with van der Waals surface area (Å²) in [5.41, 5.74) is 8.88. The van der Waals surface area contributed by atoms with Crippen LogP contribution in [-0.4, -0.2) is 11.2 Å². The Hall–Kier alpha value is -1.12. The van der Waals surface area contributed by atoms with E-state index in [1.807, 2.05) is 12.1 Å². The molecule has 0 bridgehead atoms. The van der Waals surface area contributed by atoms with Crippen LogP contribution in [0.4, 0.5) is 0 Å². The molecule has 1 aromatic rings. The third-order valence-corrected chi connectivity index (χ3v) is 3.56. The van der Waals surface area contributed by atoms with Crippen molar-refractivity contribution in [1.29, 1.82) is 0 Å². The van der Waals surface area contributed by atoms with Gasteiger partial charge in [-0.25, -0.2) is 0 Å². The number of aryl methyl sites for hydroxylation is 1. The van der Waals surface area contributed by atoms with Crippen molar-refractivity contribution in [2.75, 3.05) is 0 Å². The average molecular weight is 217 g/mol. The summed E-state index contributed by atoms with van der Waals surface area (Å²) in [5, 5.41) is 9.86. The van der Waals surface area contributed by atoms with Crippen LogP contribution in [0.5, 0.6) is 0 Å². The van der Waals surface area contributed by atoms with Crippen LogP contribution in [0.15, 0.2) is 36.4 Å². The Kier molecular flexibility index (Phi) is 2.87. The zero-order valence-electron chi connectivity index (χ0n) is 9.74. The summed E-state index contributed by atoms with van der Waals surface area (Å²) in [6, 6.07) is 8.17. The molecule has 1 aromatic carbocycles. The maximum atomic E-state index is 9.86. The smallest absolute Gasteiger partial charge is 0.0768 e. The van der Waals surface area contributed by atoms with Crippen LogP contribution in [0.1, 0.15) is 30.4 Å². The van der Waals surface area contributed by atoms with E-state index in [0.29, 0.717) is 0 Å². The summed E-state index contributed by atoms with van der Waals surface area (Å²) < 4.78 is 0. The van der Waals surface area contributed by atoms with Gasteiger partial charge in [0.2, 0.25) is 0 Å². The quantitative estimate of drug-likeness (QED) is 0.709. The highest BCUT2D eigenvalue weighted by Crippen LogP contribution is 2.38. The molecule has 0 spiro atoms. The number of aliphatic hydroxyl groups is 1. The summed E-state index contributed by atoms with van der Waals surface area (Å²) >= 11 is 0. The second-order valence-electron chi connectivity index (χ2n) is 4.77. The van der Waals surface area contributed by atoms with E-state index >= 15 is 0 Å². The van der Waals surface area contributed by atoms with Gasteiger partial charge in [0, 0.05) is 0 Å². The monoisotopic (exact) mass is 217 g/mol. The molecular formula is C14H19NO. The lowest BCUT2D eigenvalue weighted by Crippen LogP contribution is -2.45. The second-order valence-corrected chi connectivity index (χ2v) is 4.77. The molecule has 0 aliphatic heterocycles. The maximum Gasteiger partial charge on any atom is 0.0768 e. The van der Waals surface area contributed by atoms with Gasteiger partial charge in [0.05, 0.1) is 11.6 Å². The molecule has 2 atom stereocenters. The fraction of sp³-hybridized carbons (Fsp3) is 0.429. The highest BCUT2D eigenvalue weighted by Gasteiger charge is 2.37. The van der Waals surface area contributed by atoms with Crippen molar-refractivity contribution in [3.63, 3.8) is 0 Å². The Bertz CT molecular complexity index is 413. The predicted octanol–water partition coefficient (Wildman–Crippen LogP) is 2.25. The number of nitrogens with two attached hydrogens (primary N) is 1. The predicted molar refractivity (Wildman–Crippen MR) is 66.0 cm³/mol. The molecule has 0 radical (unpaired) electrons. The molecule has 2 nitrogen and oxygen atoms in total. The number of hydrogen-bond acceptors (Lipinski definition) is 2. The Balaban J connectivity index is 2.41. The van der Waals surface area contributed by atoms with Crippen LogP contribution in [-0.2, 0) is 5.54 Å². The first-order valence-electron chi connectivity index (χ1n) is 5.77. The molecule has 2 unspecified atom stereocenters. The molecule has 1 aliphatic rings. The van der Waals surface area contributed by atoms with Crippen molar-refractivity contribution in [1.82, 2.24) is 0 Å². The zero-order valence-corrected chi connectivity index (χ0v) is 9.74.